The molecule has 0 saturated carbocycles. The lowest BCUT2D eigenvalue weighted by molar-refractivity contribution is 0.0695. The van der Waals surface area contributed by atoms with E-state index in [4.69, 9.17) is 16.7 Å². The molecular formula is C21H26ClNO3. The first-order chi connectivity index (χ1) is 12.6. The number of aliphatic hydroxyl groups excluding tert-OH is 1. The first-order valence-electron chi connectivity index (χ1n) is 9.00. The fraction of sp³-hybridized carbons (Fsp3) is 0.381. The Kier molecular flexibility index (Phi) is 8.62. The van der Waals surface area contributed by atoms with Gasteiger partial charge in [-0.1, -0.05) is 54.4 Å². The van der Waals surface area contributed by atoms with Crippen molar-refractivity contribution in [2.75, 3.05) is 19.7 Å². The molecule has 0 aromatic heterocycles. The molecule has 0 heterocycles. The summed E-state index contributed by atoms with van der Waals surface area (Å²) in [6.45, 7) is 1.62. The van der Waals surface area contributed by atoms with Gasteiger partial charge in [-0.05, 0) is 55.0 Å². The molecule has 2 aromatic rings. The molecule has 0 radical (unpaired) electrons. The number of halogens is 1. The molecule has 1 unspecified atom stereocenters. The Hall–Kier alpha value is -1.88. The highest BCUT2D eigenvalue weighted by molar-refractivity contribution is 6.31. The second kappa shape index (κ2) is 11.0. The van der Waals surface area contributed by atoms with E-state index in [0.29, 0.717) is 18.5 Å². The molecule has 0 aliphatic rings. The van der Waals surface area contributed by atoms with Gasteiger partial charge in [-0.2, -0.15) is 0 Å². The number of carboxylic acids is 1. The summed E-state index contributed by atoms with van der Waals surface area (Å²) < 4.78 is 0. The average molecular weight is 376 g/mol. The molecule has 0 spiro atoms. The van der Waals surface area contributed by atoms with Crippen LogP contribution in [0.2, 0.25) is 5.02 Å². The predicted molar refractivity (Wildman–Crippen MR) is 105 cm³/mol. The maximum Gasteiger partial charge on any atom is 0.335 e. The quantitative estimate of drug-likeness (QED) is 0.517. The van der Waals surface area contributed by atoms with Crippen molar-refractivity contribution < 1.29 is 15.0 Å². The molecule has 0 saturated heterocycles. The minimum absolute atomic E-state index is 0.147. The van der Waals surface area contributed by atoms with Crippen molar-refractivity contribution in [2.24, 2.45) is 0 Å². The van der Waals surface area contributed by atoms with Crippen LogP contribution in [-0.4, -0.2) is 35.9 Å². The zero-order valence-electron chi connectivity index (χ0n) is 14.8. The number of benzene rings is 2. The van der Waals surface area contributed by atoms with Gasteiger partial charge >= 0.3 is 5.97 Å². The number of hydrogen-bond donors (Lipinski definition) is 3. The number of nitrogens with one attached hydrogen (secondary N) is 1. The van der Waals surface area contributed by atoms with E-state index in [1.807, 2.05) is 36.4 Å². The highest BCUT2D eigenvalue weighted by Crippen LogP contribution is 2.32. The van der Waals surface area contributed by atoms with Crippen LogP contribution in [0.25, 0.3) is 0 Å². The van der Waals surface area contributed by atoms with Gasteiger partial charge in [0.1, 0.15) is 0 Å². The van der Waals surface area contributed by atoms with E-state index in [0.717, 1.165) is 42.0 Å². The van der Waals surface area contributed by atoms with E-state index < -0.39 is 5.97 Å². The molecule has 26 heavy (non-hydrogen) atoms. The number of aliphatic hydroxyl groups is 1. The molecule has 5 heteroatoms. The standard InChI is InChI=1S/C21H26ClNO3/c22-20-11-4-3-9-18(20)16(8-5-6-12-23-13-14-24)15-17-7-1-2-10-19(17)21(25)26/h1-4,7,9-11,16,23-24H,5-6,8,12-15H2,(H,25,26). The van der Waals surface area contributed by atoms with Crippen molar-refractivity contribution in [3.8, 4) is 0 Å². The number of rotatable bonds is 11. The number of unbranched alkanes of at least 4 members (excludes halogenated alkanes) is 1. The van der Waals surface area contributed by atoms with E-state index in [-0.39, 0.29) is 12.5 Å². The zero-order chi connectivity index (χ0) is 18.8. The van der Waals surface area contributed by atoms with Crippen molar-refractivity contribution >= 4 is 17.6 Å². The van der Waals surface area contributed by atoms with Crippen LogP contribution in [0.15, 0.2) is 48.5 Å². The lowest BCUT2D eigenvalue weighted by Crippen LogP contribution is -2.19. The van der Waals surface area contributed by atoms with Gasteiger partial charge in [0.15, 0.2) is 0 Å². The van der Waals surface area contributed by atoms with Gasteiger partial charge in [-0.15, -0.1) is 0 Å². The van der Waals surface area contributed by atoms with Gasteiger partial charge in [0.25, 0.3) is 0 Å². The van der Waals surface area contributed by atoms with E-state index in [1.54, 1.807) is 12.1 Å². The third-order valence-corrected chi connectivity index (χ3v) is 4.85. The summed E-state index contributed by atoms with van der Waals surface area (Å²) in [6, 6.07) is 15.0. The van der Waals surface area contributed by atoms with Crippen molar-refractivity contribution in [1.29, 1.82) is 0 Å². The van der Waals surface area contributed by atoms with Gasteiger partial charge < -0.3 is 15.5 Å². The summed E-state index contributed by atoms with van der Waals surface area (Å²) in [5.41, 5.74) is 2.26. The fourth-order valence-corrected chi connectivity index (χ4v) is 3.48. The van der Waals surface area contributed by atoms with Gasteiger partial charge in [-0.25, -0.2) is 4.79 Å². The molecular weight excluding hydrogens is 350 g/mol. The highest BCUT2D eigenvalue weighted by Gasteiger charge is 2.18. The molecule has 140 valence electrons. The summed E-state index contributed by atoms with van der Waals surface area (Å²) in [6.07, 6.45) is 3.58. The van der Waals surface area contributed by atoms with Crippen LogP contribution in [-0.2, 0) is 6.42 Å². The second-order valence-corrected chi connectivity index (χ2v) is 6.76. The van der Waals surface area contributed by atoms with Crippen LogP contribution in [0.4, 0.5) is 0 Å². The van der Waals surface area contributed by atoms with Gasteiger partial charge in [0, 0.05) is 11.6 Å². The van der Waals surface area contributed by atoms with Crippen molar-refractivity contribution in [1.82, 2.24) is 5.32 Å². The van der Waals surface area contributed by atoms with E-state index in [1.165, 1.54) is 0 Å². The number of carboxylic acid groups (broad SMARTS) is 1. The highest BCUT2D eigenvalue weighted by atomic mass is 35.5. The molecule has 0 aliphatic carbocycles. The monoisotopic (exact) mass is 375 g/mol. The Labute approximate surface area is 159 Å². The minimum Gasteiger partial charge on any atom is -0.478 e. The number of carbonyl (C=O) groups is 1. The summed E-state index contributed by atoms with van der Waals surface area (Å²) in [5, 5.41) is 22.2. The summed E-state index contributed by atoms with van der Waals surface area (Å²) >= 11 is 6.41. The Morgan fingerprint density at radius 1 is 1.04 bits per heavy atom. The van der Waals surface area contributed by atoms with Crippen LogP contribution >= 0.6 is 11.6 Å². The lowest BCUT2D eigenvalue weighted by Gasteiger charge is -2.20. The second-order valence-electron chi connectivity index (χ2n) is 6.35. The van der Waals surface area contributed by atoms with Gasteiger partial charge in [0.2, 0.25) is 0 Å². The first-order valence-corrected chi connectivity index (χ1v) is 9.38. The SMILES string of the molecule is O=C(O)c1ccccc1CC(CCCCNCCO)c1ccccc1Cl. The molecule has 2 aromatic carbocycles. The maximum absolute atomic E-state index is 11.5. The van der Waals surface area contributed by atoms with Crippen molar-refractivity contribution in [2.45, 2.75) is 31.6 Å². The van der Waals surface area contributed by atoms with E-state index >= 15 is 0 Å². The average Bonchev–Trinajstić information content (AvgIpc) is 2.64. The molecule has 1 atom stereocenters. The Bertz CT molecular complexity index is 705. The van der Waals surface area contributed by atoms with Crippen LogP contribution in [0.3, 0.4) is 0 Å². The van der Waals surface area contributed by atoms with E-state index in [2.05, 4.69) is 5.32 Å². The number of hydrogen-bond acceptors (Lipinski definition) is 3. The van der Waals surface area contributed by atoms with Crippen molar-refractivity contribution in [3.05, 3.63) is 70.2 Å². The molecule has 0 bridgehead atoms. The van der Waals surface area contributed by atoms with Crippen LogP contribution < -0.4 is 5.32 Å². The first kappa shape index (κ1) is 20.4. The largest absolute Gasteiger partial charge is 0.478 e. The Balaban J connectivity index is 2.11. The Morgan fingerprint density at radius 2 is 1.77 bits per heavy atom. The van der Waals surface area contributed by atoms with Crippen LogP contribution in [0.5, 0.6) is 0 Å². The number of aromatic carboxylic acids is 1. The summed E-state index contributed by atoms with van der Waals surface area (Å²) in [7, 11) is 0. The Morgan fingerprint density at radius 3 is 2.50 bits per heavy atom. The molecule has 0 fully saturated rings. The molecule has 2 rings (SSSR count). The smallest absolute Gasteiger partial charge is 0.335 e. The maximum atomic E-state index is 11.5. The molecule has 0 amide bonds. The topological polar surface area (TPSA) is 69.6 Å². The third kappa shape index (κ3) is 6.13. The minimum atomic E-state index is -0.897. The predicted octanol–water partition coefficient (Wildman–Crippen LogP) is 4.12. The molecule has 3 N–H and O–H groups in total. The van der Waals surface area contributed by atoms with Gasteiger partial charge in [-0.3, -0.25) is 0 Å². The molecule has 4 nitrogen and oxygen atoms in total. The van der Waals surface area contributed by atoms with Crippen LogP contribution in [0, 0.1) is 0 Å². The van der Waals surface area contributed by atoms with Gasteiger partial charge in [0.05, 0.1) is 12.2 Å². The summed E-state index contributed by atoms with van der Waals surface area (Å²) in [5.74, 6) is -0.728. The lowest BCUT2D eigenvalue weighted by atomic mass is 9.86. The fourth-order valence-electron chi connectivity index (χ4n) is 3.19. The van der Waals surface area contributed by atoms with Crippen LogP contribution in [0.1, 0.15) is 46.7 Å². The van der Waals surface area contributed by atoms with E-state index in [9.17, 15) is 9.90 Å². The summed E-state index contributed by atoms with van der Waals surface area (Å²) in [4.78, 5) is 11.5. The van der Waals surface area contributed by atoms with Crippen molar-refractivity contribution in [3.63, 3.8) is 0 Å². The normalized spacial score (nSPS) is 12.1. The zero-order valence-corrected chi connectivity index (χ0v) is 15.6. The molecule has 0 aliphatic heterocycles. The third-order valence-electron chi connectivity index (χ3n) is 4.50.